The summed E-state index contributed by atoms with van der Waals surface area (Å²) < 4.78 is 20.4. The van der Waals surface area contributed by atoms with Crippen LogP contribution in [0.3, 0.4) is 0 Å². The van der Waals surface area contributed by atoms with Gasteiger partial charge in [0.05, 0.1) is 17.4 Å². The minimum absolute atomic E-state index is 0.0435. The van der Waals surface area contributed by atoms with E-state index in [0.717, 1.165) is 0 Å². The van der Waals surface area contributed by atoms with Crippen LogP contribution < -0.4 is 0 Å². The molecular formula is C17H21FN4O2. The first-order valence-electron chi connectivity index (χ1n) is 7.92. The number of aromatic nitrogens is 3. The number of morpholine rings is 1. The molecule has 1 aromatic carbocycles. The average Bonchev–Trinajstić information content (AvgIpc) is 2.87. The van der Waals surface area contributed by atoms with Crippen molar-refractivity contribution >= 4 is 5.91 Å². The summed E-state index contributed by atoms with van der Waals surface area (Å²) in [5, 5.41) is 4.31. The number of ether oxygens (including phenoxy) is 1. The maximum Gasteiger partial charge on any atom is 0.293 e. The molecular weight excluding hydrogens is 311 g/mol. The first kappa shape index (κ1) is 16.6. The number of nitrogens with zero attached hydrogens (tertiary/aromatic N) is 4. The first-order chi connectivity index (χ1) is 11.2. The number of hydrogen-bond donors (Lipinski definition) is 0. The first-order valence-corrected chi connectivity index (χ1v) is 7.92. The van der Waals surface area contributed by atoms with Crippen molar-refractivity contribution in [3.05, 3.63) is 41.7 Å². The van der Waals surface area contributed by atoms with Crippen molar-refractivity contribution in [1.82, 2.24) is 19.7 Å². The van der Waals surface area contributed by atoms with Gasteiger partial charge in [0.25, 0.3) is 5.91 Å². The molecule has 0 N–H and O–H groups in total. The van der Waals surface area contributed by atoms with E-state index in [1.165, 1.54) is 12.1 Å². The summed E-state index contributed by atoms with van der Waals surface area (Å²) in [6.45, 7) is 8.61. The molecule has 1 aromatic heterocycles. The van der Waals surface area contributed by atoms with Gasteiger partial charge in [-0.3, -0.25) is 4.79 Å². The van der Waals surface area contributed by atoms with Crippen molar-refractivity contribution in [3.8, 4) is 5.69 Å². The lowest BCUT2D eigenvalue weighted by molar-refractivity contribution is -0.119. The Morgan fingerprint density at radius 3 is 2.62 bits per heavy atom. The summed E-state index contributed by atoms with van der Waals surface area (Å²) in [4.78, 5) is 18.8. The molecule has 1 aliphatic rings. The van der Waals surface area contributed by atoms with Crippen molar-refractivity contribution < 1.29 is 13.9 Å². The molecule has 24 heavy (non-hydrogen) atoms. The minimum Gasteiger partial charge on any atom is -0.369 e. The smallest absolute Gasteiger partial charge is 0.293 e. The van der Waals surface area contributed by atoms with Crippen LogP contribution in [0, 0.1) is 12.7 Å². The molecule has 1 unspecified atom stereocenters. The number of rotatable bonds is 2. The summed E-state index contributed by atoms with van der Waals surface area (Å²) in [5.74, 6) is 0.173. The Labute approximate surface area is 140 Å². The molecule has 7 heteroatoms. The standard InChI is InChI=1S/C17H21FN4O2/c1-11-9-21(10-17(3,4)24-11)16(23)15-19-12(2)22(20-15)14-7-5-13(18)6-8-14/h5-8,11H,9-10H2,1-4H3. The van der Waals surface area contributed by atoms with Crippen LogP contribution in [0.1, 0.15) is 37.2 Å². The molecule has 0 saturated carbocycles. The quantitative estimate of drug-likeness (QED) is 0.847. The van der Waals surface area contributed by atoms with Gasteiger partial charge in [-0.2, -0.15) is 0 Å². The Morgan fingerprint density at radius 1 is 1.33 bits per heavy atom. The van der Waals surface area contributed by atoms with Gasteiger partial charge in [0.15, 0.2) is 0 Å². The molecule has 128 valence electrons. The fourth-order valence-corrected chi connectivity index (χ4v) is 3.06. The van der Waals surface area contributed by atoms with E-state index in [0.29, 0.717) is 24.6 Å². The van der Waals surface area contributed by atoms with Gasteiger partial charge in [-0.25, -0.2) is 14.1 Å². The monoisotopic (exact) mass is 332 g/mol. The van der Waals surface area contributed by atoms with E-state index in [2.05, 4.69) is 10.1 Å². The van der Waals surface area contributed by atoms with Crippen LogP contribution in [0.5, 0.6) is 0 Å². The molecule has 0 aliphatic carbocycles. The van der Waals surface area contributed by atoms with E-state index >= 15 is 0 Å². The Bertz CT molecular complexity index is 754. The molecule has 3 rings (SSSR count). The van der Waals surface area contributed by atoms with Gasteiger partial charge in [0.2, 0.25) is 5.82 Å². The highest BCUT2D eigenvalue weighted by atomic mass is 19.1. The van der Waals surface area contributed by atoms with Gasteiger partial charge in [-0.1, -0.05) is 0 Å². The Morgan fingerprint density at radius 2 is 2.00 bits per heavy atom. The fourth-order valence-electron chi connectivity index (χ4n) is 3.06. The van der Waals surface area contributed by atoms with E-state index in [9.17, 15) is 9.18 Å². The molecule has 2 aromatic rings. The summed E-state index contributed by atoms with van der Waals surface area (Å²) in [6.07, 6.45) is -0.0435. The fraction of sp³-hybridized carbons (Fsp3) is 0.471. The zero-order valence-electron chi connectivity index (χ0n) is 14.3. The van der Waals surface area contributed by atoms with Crippen LogP contribution in [0.15, 0.2) is 24.3 Å². The van der Waals surface area contributed by atoms with Crippen molar-refractivity contribution in [2.75, 3.05) is 13.1 Å². The SMILES string of the molecule is Cc1nc(C(=O)N2CC(C)OC(C)(C)C2)nn1-c1ccc(F)cc1. The van der Waals surface area contributed by atoms with Crippen LogP contribution in [0.4, 0.5) is 4.39 Å². The molecule has 0 bridgehead atoms. The van der Waals surface area contributed by atoms with E-state index in [4.69, 9.17) is 4.74 Å². The highest BCUT2D eigenvalue weighted by molar-refractivity contribution is 5.90. The second kappa shape index (κ2) is 5.98. The summed E-state index contributed by atoms with van der Waals surface area (Å²) in [5.41, 5.74) is 0.262. The minimum atomic E-state index is -0.401. The lowest BCUT2D eigenvalue weighted by atomic mass is 10.1. The van der Waals surface area contributed by atoms with Crippen molar-refractivity contribution in [2.45, 2.75) is 39.4 Å². The number of amides is 1. The molecule has 1 atom stereocenters. The van der Waals surface area contributed by atoms with Gasteiger partial charge in [0, 0.05) is 13.1 Å². The predicted molar refractivity (Wildman–Crippen MR) is 86.6 cm³/mol. The second-order valence-corrected chi connectivity index (χ2v) is 6.74. The normalized spacial score (nSPS) is 20.2. The molecule has 1 amide bonds. The van der Waals surface area contributed by atoms with Gasteiger partial charge in [0.1, 0.15) is 11.6 Å². The maximum absolute atomic E-state index is 13.1. The number of hydrogen-bond acceptors (Lipinski definition) is 4. The summed E-state index contributed by atoms with van der Waals surface area (Å²) in [7, 11) is 0. The van der Waals surface area contributed by atoms with Gasteiger partial charge >= 0.3 is 0 Å². The Balaban J connectivity index is 1.86. The second-order valence-electron chi connectivity index (χ2n) is 6.74. The number of aryl methyl sites for hydroxylation is 1. The topological polar surface area (TPSA) is 60.3 Å². The zero-order valence-corrected chi connectivity index (χ0v) is 14.3. The van der Waals surface area contributed by atoms with Crippen LogP contribution >= 0.6 is 0 Å². The van der Waals surface area contributed by atoms with Gasteiger partial charge in [-0.05, 0) is 52.0 Å². The molecule has 6 nitrogen and oxygen atoms in total. The largest absolute Gasteiger partial charge is 0.369 e. The van der Waals surface area contributed by atoms with E-state index < -0.39 is 5.60 Å². The number of carbonyl (C=O) groups is 1. The Kier molecular flexibility index (Phi) is 4.13. The highest BCUT2D eigenvalue weighted by Gasteiger charge is 2.35. The van der Waals surface area contributed by atoms with Crippen LogP contribution in [-0.4, -0.2) is 50.4 Å². The van der Waals surface area contributed by atoms with E-state index in [-0.39, 0.29) is 23.7 Å². The van der Waals surface area contributed by atoms with Crippen molar-refractivity contribution in [2.24, 2.45) is 0 Å². The average molecular weight is 332 g/mol. The van der Waals surface area contributed by atoms with Crippen LogP contribution in [-0.2, 0) is 4.74 Å². The van der Waals surface area contributed by atoms with Crippen LogP contribution in [0.2, 0.25) is 0 Å². The van der Waals surface area contributed by atoms with Gasteiger partial charge < -0.3 is 9.64 Å². The number of carbonyl (C=O) groups excluding carboxylic acids is 1. The third-order valence-electron chi connectivity index (χ3n) is 3.89. The zero-order chi connectivity index (χ0) is 17.5. The lowest BCUT2D eigenvalue weighted by Gasteiger charge is -2.41. The molecule has 1 fully saturated rings. The maximum atomic E-state index is 13.1. The molecule has 0 radical (unpaired) electrons. The molecule has 0 spiro atoms. The third kappa shape index (κ3) is 3.31. The lowest BCUT2D eigenvalue weighted by Crippen LogP contribution is -2.54. The predicted octanol–water partition coefficient (Wildman–Crippen LogP) is 2.35. The number of benzene rings is 1. The molecule has 2 heterocycles. The van der Waals surface area contributed by atoms with E-state index in [1.807, 2.05) is 20.8 Å². The van der Waals surface area contributed by atoms with E-state index in [1.54, 1.807) is 28.6 Å². The van der Waals surface area contributed by atoms with Crippen molar-refractivity contribution in [3.63, 3.8) is 0 Å². The van der Waals surface area contributed by atoms with Crippen LogP contribution in [0.25, 0.3) is 5.69 Å². The summed E-state index contributed by atoms with van der Waals surface area (Å²) in [6, 6.07) is 5.91. The molecule has 1 saturated heterocycles. The summed E-state index contributed by atoms with van der Waals surface area (Å²) >= 11 is 0. The van der Waals surface area contributed by atoms with Crippen molar-refractivity contribution in [1.29, 1.82) is 0 Å². The van der Waals surface area contributed by atoms with Gasteiger partial charge in [-0.15, -0.1) is 5.10 Å². The number of halogens is 1. The Hall–Kier alpha value is -2.28. The molecule has 1 aliphatic heterocycles. The third-order valence-corrected chi connectivity index (χ3v) is 3.89. The highest BCUT2D eigenvalue weighted by Crippen LogP contribution is 2.22.